The van der Waals surface area contributed by atoms with Crippen LogP contribution in [0.4, 0.5) is 0 Å². The number of esters is 4. The molecule has 0 rings (SSSR count). The highest BCUT2D eigenvalue weighted by molar-refractivity contribution is 7.47. The number of hydrogen-bond acceptors (Lipinski definition) is 15. The number of carbonyl (C=O) groups is 4. The van der Waals surface area contributed by atoms with Gasteiger partial charge in [-0.25, -0.2) is 9.13 Å². The number of carbonyl (C=O) groups excluding carboxylic acids is 4. The third-order valence-corrected chi connectivity index (χ3v) is 20.0. The average Bonchev–Trinajstić information content (AvgIpc) is 1.07. The predicted octanol–water partition coefficient (Wildman–Crippen LogP) is 22.9. The van der Waals surface area contributed by atoms with E-state index in [9.17, 15) is 43.2 Å². The van der Waals surface area contributed by atoms with Crippen molar-refractivity contribution in [2.75, 3.05) is 39.6 Å². The topological polar surface area (TPSA) is 237 Å². The van der Waals surface area contributed by atoms with E-state index < -0.39 is 97.5 Å². The van der Waals surface area contributed by atoms with Gasteiger partial charge in [0, 0.05) is 25.7 Å². The van der Waals surface area contributed by atoms with Gasteiger partial charge in [-0.2, -0.15) is 0 Å². The van der Waals surface area contributed by atoms with Crippen LogP contribution in [0.5, 0.6) is 0 Å². The molecule has 17 nitrogen and oxygen atoms in total. The number of phosphoric acid groups is 2. The molecule has 19 heteroatoms. The first kappa shape index (κ1) is 95.5. The smallest absolute Gasteiger partial charge is 0.462 e. The molecule has 578 valence electrons. The lowest BCUT2D eigenvalue weighted by Gasteiger charge is -2.21. The SMILES string of the molecule is CCCCCC/C=C\C=C/CCCCCCCC(=O)OC[C@H](COP(=O)(O)OC[C@@H](O)COP(=O)(O)OC[C@@H](COC(=O)CCCCCCCCCCC(C)CC)OC(=O)CCCCCCCCCCCCCC(C)C)OC(=O)CCCCCCCCCCCCCCCCC(C)C. The maximum atomic E-state index is 13.1. The van der Waals surface area contributed by atoms with Crippen LogP contribution in [0.1, 0.15) is 382 Å². The minimum atomic E-state index is -4.97. The molecule has 0 bridgehead atoms. The summed E-state index contributed by atoms with van der Waals surface area (Å²) in [6.07, 6.45) is 58.9. The second kappa shape index (κ2) is 68.9. The Bertz CT molecular complexity index is 2000. The number of aliphatic hydroxyl groups is 1. The van der Waals surface area contributed by atoms with Gasteiger partial charge in [0.25, 0.3) is 0 Å². The summed E-state index contributed by atoms with van der Waals surface area (Å²) in [6.45, 7) is 11.9. The van der Waals surface area contributed by atoms with E-state index in [1.165, 1.54) is 173 Å². The molecule has 0 saturated carbocycles. The van der Waals surface area contributed by atoms with E-state index >= 15 is 0 Å². The first-order valence-corrected chi connectivity index (χ1v) is 43.2. The molecule has 0 aliphatic heterocycles. The van der Waals surface area contributed by atoms with Gasteiger partial charge in [0.2, 0.25) is 0 Å². The van der Waals surface area contributed by atoms with Gasteiger partial charge in [-0.3, -0.25) is 37.3 Å². The van der Waals surface area contributed by atoms with E-state index in [0.29, 0.717) is 25.7 Å². The number of phosphoric ester groups is 2. The Hall–Kier alpha value is -2.46. The summed E-state index contributed by atoms with van der Waals surface area (Å²) in [4.78, 5) is 73.0. The third-order valence-electron chi connectivity index (χ3n) is 18.1. The predicted molar refractivity (Wildman–Crippen MR) is 400 cm³/mol. The molecule has 98 heavy (non-hydrogen) atoms. The van der Waals surface area contributed by atoms with Crippen LogP contribution >= 0.6 is 15.6 Å². The molecule has 6 atom stereocenters. The number of rotatable bonds is 75. The van der Waals surface area contributed by atoms with Gasteiger partial charge in [-0.1, -0.05) is 330 Å². The summed E-state index contributed by atoms with van der Waals surface area (Å²) in [5.41, 5.74) is 0. The zero-order valence-corrected chi connectivity index (χ0v) is 65.5. The highest BCUT2D eigenvalue weighted by Gasteiger charge is 2.30. The molecule has 3 N–H and O–H groups in total. The Labute approximate surface area is 599 Å². The van der Waals surface area contributed by atoms with Crippen molar-refractivity contribution >= 4 is 39.5 Å². The molecule has 0 heterocycles. The number of ether oxygens (including phenoxy) is 4. The van der Waals surface area contributed by atoms with E-state index in [-0.39, 0.29) is 25.7 Å². The van der Waals surface area contributed by atoms with Gasteiger partial charge in [0.05, 0.1) is 26.4 Å². The summed E-state index contributed by atoms with van der Waals surface area (Å²) in [7, 11) is -9.93. The van der Waals surface area contributed by atoms with Crippen molar-refractivity contribution < 1.29 is 80.2 Å². The average molecular weight is 1430 g/mol. The maximum Gasteiger partial charge on any atom is 0.472 e. The molecule has 0 aromatic rings. The quantitative estimate of drug-likeness (QED) is 0.0169. The summed E-state index contributed by atoms with van der Waals surface area (Å²) >= 11 is 0. The van der Waals surface area contributed by atoms with Crippen molar-refractivity contribution in [2.45, 2.75) is 401 Å². The van der Waals surface area contributed by atoms with Crippen molar-refractivity contribution in [3.05, 3.63) is 24.3 Å². The van der Waals surface area contributed by atoms with E-state index in [1.807, 2.05) is 0 Å². The van der Waals surface area contributed by atoms with Gasteiger partial charge in [-0.15, -0.1) is 0 Å². The first-order chi connectivity index (χ1) is 47.3. The van der Waals surface area contributed by atoms with E-state index in [4.69, 9.17) is 37.0 Å². The minimum absolute atomic E-state index is 0.100. The van der Waals surface area contributed by atoms with Gasteiger partial charge in [-0.05, 0) is 69.1 Å². The van der Waals surface area contributed by atoms with E-state index in [1.54, 1.807) is 0 Å². The third kappa shape index (κ3) is 70.6. The van der Waals surface area contributed by atoms with Crippen molar-refractivity contribution in [2.24, 2.45) is 17.8 Å². The number of aliphatic hydroxyl groups excluding tert-OH is 1. The highest BCUT2D eigenvalue weighted by Crippen LogP contribution is 2.45. The van der Waals surface area contributed by atoms with Crippen molar-refractivity contribution in [3.8, 4) is 0 Å². The molecule has 0 spiro atoms. The molecule has 0 aromatic carbocycles. The molecule has 0 aliphatic carbocycles. The summed E-state index contributed by atoms with van der Waals surface area (Å²) in [5, 5.41) is 10.6. The van der Waals surface area contributed by atoms with Gasteiger partial charge in [0.15, 0.2) is 12.2 Å². The van der Waals surface area contributed by atoms with E-state index in [2.05, 4.69) is 72.8 Å². The number of hydrogen-bond donors (Lipinski definition) is 3. The van der Waals surface area contributed by atoms with Gasteiger partial charge in [0.1, 0.15) is 19.3 Å². The fraction of sp³-hybridized carbons (Fsp3) is 0.899. The van der Waals surface area contributed by atoms with Crippen LogP contribution in [0, 0.1) is 17.8 Å². The van der Waals surface area contributed by atoms with Crippen LogP contribution in [-0.2, 0) is 65.4 Å². The second-order valence-electron chi connectivity index (χ2n) is 29.0. The normalized spacial score (nSPS) is 14.4. The fourth-order valence-corrected chi connectivity index (χ4v) is 13.1. The lowest BCUT2D eigenvalue weighted by atomic mass is 9.99. The van der Waals surface area contributed by atoms with Crippen molar-refractivity contribution in [1.29, 1.82) is 0 Å². The Balaban J connectivity index is 5.31. The molecule has 0 amide bonds. The molecule has 0 radical (unpaired) electrons. The second-order valence-corrected chi connectivity index (χ2v) is 31.9. The Kier molecular flexibility index (Phi) is 67.2. The zero-order valence-electron chi connectivity index (χ0n) is 63.7. The lowest BCUT2D eigenvalue weighted by molar-refractivity contribution is -0.161. The lowest BCUT2D eigenvalue weighted by Crippen LogP contribution is -2.30. The Morgan fingerprint density at radius 3 is 0.908 bits per heavy atom. The Morgan fingerprint density at radius 2 is 0.602 bits per heavy atom. The van der Waals surface area contributed by atoms with Crippen molar-refractivity contribution in [1.82, 2.24) is 0 Å². The van der Waals surface area contributed by atoms with E-state index in [0.717, 1.165) is 127 Å². The largest absolute Gasteiger partial charge is 0.472 e. The van der Waals surface area contributed by atoms with Crippen molar-refractivity contribution in [3.63, 3.8) is 0 Å². The standard InChI is InChI=1S/C79H150O17P2/c1-8-10-11-12-13-14-15-16-17-21-26-31-39-46-53-60-76(81)89-66-74(95-78(83)62-55-48-41-32-27-22-19-18-20-24-29-36-43-50-57-70(3)4)68-93-97(85,86)91-64-73(80)65-92-98(87,88)94-69-75(67-90-77(82)61-54-47-40-35-34-38-45-52-59-72(7)9-2)96-79(84)63-56-49-42-33-28-23-25-30-37-44-51-58-71(5)6/h14-17,70-75,80H,8-13,18-69H2,1-7H3,(H,85,86)(H,87,88)/b15-14-,17-16-/t72?,73-,74-,75-/m1/s1. The monoisotopic (exact) mass is 1430 g/mol. The van der Waals surface area contributed by atoms with Crippen LogP contribution in [-0.4, -0.2) is 96.7 Å². The molecular weight excluding hydrogens is 1280 g/mol. The molecule has 0 fully saturated rings. The van der Waals surface area contributed by atoms with Crippen LogP contribution < -0.4 is 0 Å². The number of allylic oxidation sites excluding steroid dienone is 4. The molecule has 0 aliphatic rings. The number of unbranched alkanes of at least 4 members (excludes halogenated alkanes) is 39. The molecule has 0 saturated heterocycles. The van der Waals surface area contributed by atoms with Crippen LogP contribution in [0.2, 0.25) is 0 Å². The minimum Gasteiger partial charge on any atom is -0.462 e. The maximum absolute atomic E-state index is 13.1. The van der Waals surface area contributed by atoms with Crippen LogP contribution in [0.25, 0.3) is 0 Å². The molecular formula is C79H150O17P2. The summed E-state index contributed by atoms with van der Waals surface area (Å²) in [6, 6.07) is 0. The fourth-order valence-electron chi connectivity index (χ4n) is 11.6. The van der Waals surface area contributed by atoms with Crippen LogP contribution in [0.15, 0.2) is 24.3 Å². The molecule has 3 unspecified atom stereocenters. The zero-order chi connectivity index (χ0) is 72.3. The Morgan fingerprint density at radius 1 is 0.337 bits per heavy atom. The van der Waals surface area contributed by atoms with Gasteiger partial charge >= 0.3 is 39.5 Å². The summed E-state index contributed by atoms with van der Waals surface area (Å²) < 4.78 is 68.6. The highest BCUT2D eigenvalue weighted by atomic mass is 31.2. The van der Waals surface area contributed by atoms with Gasteiger partial charge < -0.3 is 33.8 Å². The molecule has 0 aromatic heterocycles. The first-order valence-electron chi connectivity index (χ1n) is 40.2. The summed E-state index contributed by atoms with van der Waals surface area (Å²) in [5.74, 6) is 0.189. The van der Waals surface area contributed by atoms with Crippen LogP contribution in [0.3, 0.4) is 0 Å².